The van der Waals surface area contributed by atoms with Crippen molar-refractivity contribution in [3.63, 3.8) is 0 Å². The zero-order valence-electron chi connectivity index (χ0n) is 61.1. The molecule has 0 spiro atoms. The SMILES string of the molecule is O=[N+]([O-])c1ccc(C23C[C@H]4C[C@@H](C2)CC(c2cc5c(O)c(c2)Cc2cc(C67C[C@@H]8C[C@@H](CC(c9ccc([N+](=O)[O-])cc9)(C8)C6)C7)cc(c2O)Cc2cc(C67C[C@@H]8C[C@@H](CC(c9ccc([N+](=O)[O-])cc9)(C8)C6)C7)cc(c2O)Cc2cc(C67C[C@@H]8C[C@@H](CC(c9ccc([N+](=O)[O-])cc9)(C8)C6)C7)cc(c2O)C5)(C4)C3)cc1. The maximum atomic E-state index is 13.7. The third-order valence-corrected chi connectivity index (χ3v) is 32.1. The Labute approximate surface area is 628 Å². The lowest BCUT2D eigenvalue weighted by molar-refractivity contribution is -0.385. The largest absolute Gasteiger partial charge is 0.507 e. The van der Waals surface area contributed by atoms with Gasteiger partial charge in [-0.1, -0.05) is 97.1 Å². The van der Waals surface area contributed by atoms with Crippen LogP contribution in [0.15, 0.2) is 146 Å². The lowest BCUT2D eigenvalue weighted by atomic mass is 9.41. The molecule has 24 bridgehead atoms. The first kappa shape index (κ1) is 66.7. The molecule has 8 aromatic rings. The third kappa shape index (κ3) is 10.2. The van der Waals surface area contributed by atoms with Gasteiger partial charge in [-0.05, 0) is 334 Å². The van der Waals surface area contributed by atoms with E-state index in [4.69, 9.17) is 0 Å². The number of nitrogens with zero attached hydrogens (tertiary/aromatic N) is 4. The number of phenols is 4. The van der Waals surface area contributed by atoms with Gasteiger partial charge in [0.1, 0.15) is 23.0 Å². The molecule has 0 aromatic heterocycles. The monoisotopic (exact) mass is 1440 g/mol. The summed E-state index contributed by atoms with van der Waals surface area (Å²) < 4.78 is 0. The van der Waals surface area contributed by atoms with Crippen molar-refractivity contribution in [2.45, 2.75) is 223 Å². The van der Waals surface area contributed by atoms with Crippen LogP contribution >= 0.6 is 0 Å². The summed E-state index contributed by atoms with van der Waals surface area (Å²) >= 11 is 0. The van der Waals surface area contributed by atoms with Crippen LogP contribution in [0.1, 0.15) is 243 Å². The summed E-state index contributed by atoms with van der Waals surface area (Å²) in [4.78, 5) is 47.1. The molecule has 108 heavy (non-hydrogen) atoms. The second-order valence-corrected chi connectivity index (χ2v) is 38.6. The van der Waals surface area contributed by atoms with Gasteiger partial charge in [0.05, 0.1) is 19.7 Å². The van der Waals surface area contributed by atoms with Gasteiger partial charge in [0.2, 0.25) is 0 Å². The molecule has 552 valence electrons. The van der Waals surface area contributed by atoms with Gasteiger partial charge in [-0.25, -0.2) is 0 Å². The Morgan fingerprint density at radius 3 is 0.509 bits per heavy atom. The minimum Gasteiger partial charge on any atom is -0.507 e. The van der Waals surface area contributed by atoms with Crippen molar-refractivity contribution in [1.82, 2.24) is 0 Å². The van der Waals surface area contributed by atoms with Gasteiger partial charge in [0, 0.05) is 74.2 Å². The zero-order valence-corrected chi connectivity index (χ0v) is 61.1. The van der Waals surface area contributed by atoms with Crippen LogP contribution < -0.4 is 0 Å². The van der Waals surface area contributed by atoms with E-state index in [1.54, 1.807) is 48.5 Å². The van der Waals surface area contributed by atoms with Crippen LogP contribution in [0.25, 0.3) is 0 Å². The molecule has 0 saturated heterocycles. The molecule has 0 heterocycles. The molecular formula is C92H92N4O12. The van der Waals surface area contributed by atoms with E-state index < -0.39 is 0 Å². The number of non-ortho nitro benzene ring substituents is 4. The number of benzene rings is 8. The lowest BCUT2D eigenvalue weighted by Gasteiger charge is -2.63. The van der Waals surface area contributed by atoms with Gasteiger partial charge in [0.15, 0.2) is 0 Å². The van der Waals surface area contributed by atoms with Crippen molar-refractivity contribution in [2.75, 3.05) is 0 Å². The minimum atomic E-state index is -0.324. The van der Waals surface area contributed by atoms with Crippen molar-refractivity contribution < 1.29 is 40.1 Å². The molecule has 8 aromatic carbocycles. The Hall–Kier alpha value is -9.44. The Balaban J connectivity index is 0.765. The summed E-state index contributed by atoms with van der Waals surface area (Å²) in [6.45, 7) is 0. The summed E-state index contributed by atoms with van der Waals surface area (Å²) in [6, 6.07) is 47.3. The van der Waals surface area contributed by atoms with Crippen molar-refractivity contribution in [2.24, 2.45) is 47.3 Å². The van der Waals surface area contributed by atoms with E-state index in [1.807, 2.05) is 48.5 Å². The number of hydrogen-bond donors (Lipinski definition) is 4. The van der Waals surface area contributed by atoms with Crippen molar-refractivity contribution >= 4 is 22.7 Å². The quantitative estimate of drug-likeness (QED) is 0.0658. The smallest absolute Gasteiger partial charge is 0.269 e. The highest BCUT2D eigenvalue weighted by atomic mass is 16.6. The van der Waals surface area contributed by atoms with Gasteiger partial charge < -0.3 is 20.4 Å². The number of hydrogen-bond acceptors (Lipinski definition) is 12. The van der Waals surface area contributed by atoms with E-state index in [0.717, 1.165) is 199 Å². The van der Waals surface area contributed by atoms with Crippen molar-refractivity contribution in [3.8, 4) is 23.0 Å². The Kier molecular flexibility index (Phi) is 14.3. The molecule has 0 radical (unpaired) electrons. The first-order valence-electron chi connectivity index (χ1n) is 40.3. The number of fused-ring (bicyclic) bond motifs is 8. The normalized spacial score (nSPS) is 35.1. The van der Waals surface area contributed by atoms with E-state index in [1.165, 1.54) is 0 Å². The molecule has 0 aliphatic heterocycles. The van der Waals surface area contributed by atoms with Crippen LogP contribution in [0, 0.1) is 87.8 Å². The summed E-state index contributed by atoms with van der Waals surface area (Å²) in [5, 5.41) is 103. The highest BCUT2D eigenvalue weighted by Crippen LogP contribution is 2.72. The minimum absolute atomic E-state index is 0.0748. The second kappa shape index (κ2) is 23.1. The van der Waals surface area contributed by atoms with Gasteiger partial charge in [-0.15, -0.1) is 0 Å². The standard InChI is InChI=1S/C92H92N4O12/c97-81-61-21-63-27-74(90-43-55-18-56(44-90)36-86(35-55,50-90)70-3-11-78(12-4-70)94(103)104)29-65(82(63)98)23-67-31-76(92-47-59-20-60(48-92)40-88(39-59,52-92)72-7-15-80(16-8-72)96(107)108)32-68(84(67)100)24-66-30-75(91-45-57-19-58(46-91)38-87(37-57,51-91)71-5-13-79(14-6-71)95(105)106)28-64(83(66)99)22-62(81)26-73(25-61)89-41-53-17-54(42-89)34-85(33-53,49-89)69-1-9-77(10-2-69)93(101)102/h1-16,25-32,53-60,97-100H,17-24,33-52H2/t53-,54+,55-,56+,57-,58+,59-,60+,85?,86?,87?,88?,89?,90?,91?,92?. The molecule has 8 unspecified atom stereocenters. The topological polar surface area (TPSA) is 253 Å². The Morgan fingerprint density at radius 1 is 0.231 bits per heavy atom. The average molecular weight is 1450 g/mol. The molecular weight excluding hydrogens is 1350 g/mol. The molecule has 16 atom stereocenters. The number of rotatable bonds is 12. The molecule has 25 rings (SSSR count). The maximum absolute atomic E-state index is 13.7. The summed E-state index contributed by atoms with van der Waals surface area (Å²) in [7, 11) is 0. The van der Waals surface area contributed by atoms with Gasteiger partial charge in [0.25, 0.3) is 22.7 Å². The fraction of sp³-hybridized carbons (Fsp3) is 0.478. The predicted molar refractivity (Wildman–Crippen MR) is 408 cm³/mol. The number of nitro benzene ring substituents is 4. The molecule has 0 amide bonds. The van der Waals surface area contributed by atoms with Crippen molar-refractivity contribution in [1.29, 1.82) is 0 Å². The van der Waals surface area contributed by atoms with Crippen LogP contribution in [0.2, 0.25) is 0 Å². The number of aromatic hydroxyl groups is 4. The highest BCUT2D eigenvalue weighted by Gasteiger charge is 2.64. The van der Waals surface area contributed by atoms with Crippen LogP contribution in [0.3, 0.4) is 0 Å². The molecule has 16 nitrogen and oxygen atoms in total. The third-order valence-electron chi connectivity index (χ3n) is 32.1. The van der Waals surface area contributed by atoms with Crippen LogP contribution in [0.4, 0.5) is 22.7 Å². The maximum Gasteiger partial charge on any atom is 0.269 e. The first-order chi connectivity index (χ1) is 51.9. The fourth-order valence-electron chi connectivity index (χ4n) is 29.7. The van der Waals surface area contributed by atoms with E-state index in [2.05, 4.69) is 48.5 Å². The number of nitro groups is 4. The fourth-order valence-corrected chi connectivity index (χ4v) is 29.7. The molecule has 16 fully saturated rings. The first-order valence-corrected chi connectivity index (χ1v) is 40.3. The Bertz CT molecular complexity index is 4410. The van der Waals surface area contributed by atoms with E-state index in [-0.39, 0.29) is 134 Å². The molecule has 4 N–H and O–H groups in total. The Morgan fingerprint density at radius 2 is 0.370 bits per heavy atom. The summed E-state index contributed by atoms with van der Waals surface area (Å²) in [5.41, 5.74) is 12.8. The van der Waals surface area contributed by atoms with Crippen LogP contribution in [-0.2, 0) is 69.0 Å². The molecule has 16 heteroatoms. The summed E-state index contributed by atoms with van der Waals surface area (Å²) in [5.74, 6) is 3.83. The number of phenolic OH excluding ortho intramolecular Hbond substituents is 4. The summed E-state index contributed by atoms with van der Waals surface area (Å²) in [6.07, 6.45) is 24.3. The average Bonchev–Trinajstić information content (AvgIpc) is 0.718. The molecule has 16 saturated carbocycles. The molecule has 17 aliphatic carbocycles. The molecule has 17 aliphatic rings. The van der Waals surface area contributed by atoms with E-state index >= 15 is 0 Å². The van der Waals surface area contributed by atoms with Crippen LogP contribution in [-0.4, -0.2) is 40.1 Å². The second-order valence-electron chi connectivity index (χ2n) is 38.6. The van der Waals surface area contributed by atoms with E-state index in [0.29, 0.717) is 91.9 Å². The lowest BCUT2D eigenvalue weighted by Crippen LogP contribution is -2.56. The highest BCUT2D eigenvalue weighted by molar-refractivity contribution is 5.62. The van der Waals surface area contributed by atoms with Gasteiger partial charge in [-0.3, -0.25) is 40.5 Å². The van der Waals surface area contributed by atoms with Gasteiger partial charge >= 0.3 is 0 Å². The predicted octanol–water partition coefficient (Wildman–Crippen LogP) is 20.0. The van der Waals surface area contributed by atoms with Gasteiger partial charge in [-0.2, -0.15) is 0 Å². The van der Waals surface area contributed by atoms with E-state index in [9.17, 15) is 60.9 Å². The van der Waals surface area contributed by atoms with Crippen LogP contribution in [0.5, 0.6) is 23.0 Å². The van der Waals surface area contributed by atoms with Crippen molar-refractivity contribution in [3.05, 3.63) is 275 Å². The zero-order chi connectivity index (χ0) is 73.6.